The van der Waals surface area contributed by atoms with Crippen molar-refractivity contribution in [3.05, 3.63) is 59.9 Å². The van der Waals surface area contributed by atoms with Crippen LogP contribution in [0, 0.1) is 5.41 Å². The molecule has 4 rings (SSSR count). The molecule has 1 aliphatic carbocycles. The number of likely N-dealkylation sites (tertiary alicyclic amines) is 1. The van der Waals surface area contributed by atoms with E-state index in [1.807, 2.05) is 65.0 Å². The van der Waals surface area contributed by atoms with Crippen LogP contribution in [-0.2, 0) is 19.7 Å². The molecule has 0 radical (unpaired) electrons. The lowest BCUT2D eigenvalue weighted by atomic mass is 9.83. The number of anilines is 1. The van der Waals surface area contributed by atoms with Crippen LogP contribution in [0.2, 0.25) is 0 Å². The highest BCUT2D eigenvalue weighted by Gasteiger charge is 2.51. The van der Waals surface area contributed by atoms with E-state index in [0.29, 0.717) is 24.2 Å². The highest BCUT2D eigenvalue weighted by molar-refractivity contribution is 6.05. The Morgan fingerprint density at radius 2 is 1.65 bits per heavy atom. The largest absolute Gasteiger partial charge is 0.444 e. The molecule has 1 saturated heterocycles. The summed E-state index contributed by atoms with van der Waals surface area (Å²) in [6.45, 7) is 16.3. The normalized spacial score (nSPS) is 19.9. The monoisotopic (exact) mass is 590 g/mol. The van der Waals surface area contributed by atoms with Crippen molar-refractivity contribution < 1.29 is 19.1 Å². The van der Waals surface area contributed by atoms with Crippen LogP contribution in [0.3, 0.4) is 0 Å². The lowest BCUT2D eigenvalue weighted by Crippen LogP contribution is -2.56. The maximum atomic E-state index is 15.0. The Kier molecular flexibility index (Phi) is 9.57. The van der Waals surface area contributed by atoms with Crippen molar-refractivity contribution in [2.45, 2.75) is 123 Å². The molecular formula is C35H50N4O4. The Hall–Kier alpha value is -3.42. The number of pyridine rings is 1. The lowest BCUT2D eigenvalue weighted by Gasteiger charge is -2.39. The molecular weight excluding hydrogens is 540 g/mol. The summed E-state index contributed by atoms with van der Waals surface area (Å²) >= 11 is 0. The average molecular weight is 591 g/mol. The van der Waals surface area contributed by atoms with Crippen LogP contribution in [0.15, 0.2) is 48.8 Å². The summed E-state index contributed by atoms with van der Waals surface area (Å²) in [5, 5.41) is 3.27. The summed E-state index contributed by atoms with van der Waals surface area (Å²) in [4.78, 5) is 50.2. The fraction of sp³-hybridized carbons (Fsp3) is 0.600. The minimum Gasteiger partial charge on any atom is -0.444 e. The van der Waals surface area contributed by atoms with E-state index in [0.717, 1.165) is 31.2 Å². The molecule has 234 valence electrons. The predicted octanol–water partition coefficient (Wildman–Crippen LogP) is 6.94. The second-order valence-corrected chi connectivity index (χ2v) is 14.9. The molecule has 0 spiro atoms. The number of hydrogen-bond acceptors (Lipinski definition) is 5. The standard InChI is InChI=1S/C35H50N4O4/c1-33(2,3)25-16-18-27(19-17-25)39(31(41)29-35(7,8)20-22-38(29)32(42)43-34(4,5)6)28(24-13-12-21-36-23-24)30(40)37-26-14-10-9-11-15-26/h12-13,16-19,21,23,26,28-29H,9-11,14-15,20,22H2,1-8H3,(H,37,40). The number of amides is 3. The van der Waals surface area contributed by atoms with Crippen molar-refractivity contribution >= 4 is 23.6 Å². The Morgan fingerprint density at radius 1 is 1.00 bits per heavy atom. The molecule has 2 fully saturated rings. The summed E-state index contributed by atoms with van der Waals surface area (Å²) in [5.74, 6) is -0.558. The number of nitrogens with one attached hydrogen (secondary N) is 1. The molecule has 8 heteroatoms. The van der Waals surface area contributed by atoms with Crippen LogP contribution >= 0.6 is 0 Å². The number of benzene rings is 1. The molecule has 1 aromatic carbocycles. The van der Waals surface area contributed by atoms with Crippen molar-refractivity contribution in [3.63, 3.8) is 0 Å². The average Bonchev–Trinajstić information content (AvgIpc) is 3.26. The lowest BCUT2D eigenvalue weighted by molar-refractivity contribution is -0.130. The third-order valence-corrected chi connectivity index (χ3v) is 8.62. The number of rotatable bonds is 6. The van der Waals surface area contributed by atoms with Gasteiger partial charge in [0, 0.05) is 36.2 Å². The van der Waals surface area contributed by atoms with E-state index >= 15 is 4.79 Å². The first-order valence-corrected chi connectivity index (χ1v) is 15.7. The van der Waals surface area contributed by atoms with Gasteiger partial charge in [0.05, 0.1) is 0 Å². The number of nitrogens with zero attached hydrogens (tertiary/aromatic N) is 3. The molecule has 1 aromatic heterocycles. The van der Waals surface area contributed by atoms with Crippen LogP contribution in [0.4, 0.5) is 10.5 Å². The fourth-order valence-electron chi connectivity index (χ4n) is 6.22. The van der Waals surface area contributed by atoms with Gasteiger partial charge >= 0.3 is 6.09 Å². The zero-order valence-corrected chi connectivity index (χ0v) is 27.3. The SMILES string of the molecule is CC(C)(C)OC(=O)N1CCC(C)(C)C1C(=O)N(c1ccc(C(C)(C)C)cc1)C(C(=O)NC1CCCCC1)c1cccnc1. The molecule has 2 unspecified atom stereocenters. The third kappa shape index (κ3) is 7.76. The van der Waals surface area contributed by atoms with Gasteiger partial charge in [0.15, 0.2) is 0 Å². The second kappa shape index (κ2) is 12.7. The number of hydrogen-bond donors (Lipinski definition) is 1. The van der Waals surface area contributed by atoms with Crippen molar-refractivity contribution in [1.29, 1.82) is 0 Å². The summed E-state index contributed by atoms with van der Waals surface area (Å²) in [5.41, 5.74) is 0.982. The molecule has 2 atom stereocenters. The van der Waals surface area contributed by atoms with Gasteiger partial charge in [-0.3, -0.25) is 24.4 Å². The minimum atomic E-state index is -0.972. The number of aromatic nitrogens is 1. The van der Waals surface area contributed by atoms with Gasteiger partial charge in [-0.1, -0.05) is 72.1 Å². The highest BCUT2D eigenvalue weighted by Crippen LogP contribution is 2.41. The van der Waals surface area contributed by atoms with Gasteiger partial charge in [0.1, 0.15) is 17.7 Å². The number of carbonyl (C=O) groups is 3. The molecule has 8 nitrogen and oxygen atoms in total. The van der Waals surface area contributed by atoms with Gasteiger partial charge in [0.25, 0.3) is 5.91 Å². The molecule has 3 amide bonds. The second-order valence-electron chi connectivity index (χ2n) is 14.9. The molecule has 43 heavy (non-hydrogen) atoms. The molecule has 0 bridgehead atoms. The highest BCUT2D eigenvalue weighted by atomic mass is 16.6. The van der Waals surface area contributed by atoms with Crippen molar-refractivity contribution in [3.8, 4) is 0 Å². The van der Waals surface area contributed by atoms with E-state index in [-0.39, 0.29) is 23.3 Å². The van der Waals surface area contributed by atoms with Gasteiger partial charge in [-0.15, -0.1) is 0 Å². The zero-order chi connectivity index (χ0) is 31.6. The molecule has 1 N–H and O–H groups in total. The Morgan fingerprint density at radius 3 is 2.21 bits per heavy atom. The van der Waals surface area contributed by atoms with E-state index in [9.17, 15) is 9.59 Å². The van der Waals surface area contributed by atoms with Crippen molar-refractivity contribution in [1.82, 2.24) is 15.2 Å². The maximum Gasteiger partial charge on any atom is 0.410 e. The van der Waals surface area contributed by atoms with Crippen LogP contribution < -0.4 is 10.2 Å². The predicted molar refractivity (Wildman–Crippen MR) is 170 cm³/mol. The fourth-order valence-corrected chi connectivity index (χ4v) is 6.22. The molecule has 2 aliphatic rings. The van der Waals surface area contributed by atoms with Crippen LogP contribution in [0.5, 0.6) is 0 Å². The van der Waals surface area contributed by atoms with Gasteiger partial charge < -0.3 is 10.1 Å². The van der Waals surface area contributed by atoms with Gasteiger partial charge in [-0.2, -0.15) is 0 Å². The topological polar surface area (TPSA) is 91.8 Å². The van der Waals surface area contributed by atoms with Gasteiger partial charge in [-0.05, 0) is 74.6 Å². The van der Waals surface area contributed by atoms with Crippen LogP contribution in [0.1, 0.15) is 111 Å². The summed E-state index contributed by atoms with van der Waals surface area (Å²) in [6.07, 6.45) is 8.56. The van der Waals surface area contributed by atoms with E-state index in [1.165, 1.54) is 6.42 Å². The van der Waals surface area contributed by atoms with E-state index in [4.69, 9.17) is 4.74 Å². The van der Waals surface area contributed by atoms with Crippen LogP contribution in [-0.4, -0.2) is 52.0 Å². The summed E-state index contributed by atoms with van der Waals surface area (Å²) in [6, 6.07) is 9.74. The van der Waals surface area contributed by atoms with Crippen LogP contribution in [0.25, 0.3) is 0 Å². The maximum absolute atomic E-state index is 15.0. The Bertz CT molecular complexity index is 1270. The van der Waals surface area contributed by atoms with Crippen molar-refractivity contribution in [2.75, 3.05) is 11.4 Å². The van der Waals surface area contributed by atoms with E-state index in [1.54, 1.807) is 28.3 Å². The van der Waals surface area contributed by atoms with E-state index < -0.39 is 29.2 Å². The first-order valence-electron chi connectivity index (χ1n) is 15.7. The first-order chi connectivity index (χ1) is 20.1. The molecule has 2 heterocycles. The van der Waals surface area contributed by atoms with Crippen molar-refractivity contribution in [2.24, 2.45) is 5.41 Å². The Labute approximate surface area is 257 Å². The molecule has 1 aliphatic heterocycles. The van der Waals surface area contributed by atoms with E-state index in [2.05, 4.69) is 31.1 Å². The van der Waals surface area contributed by atoms with Gasteiger partial charge in [0.2, 0.25) is 5.91 Å². The summed E-state index contributed by atoms with van der Waals surface area (Å²) in [7, 11) is 0. The molecule has 2 aromatic rings. The summed E-state index contributed by atoms with van der Waals surface area (Å²) < 4.78 is 5.75. The number of carbonyl (C=O) groups excluding carboxylic acids is 3. The Balaban J connectivity index is 1.83. The quantitative estimate of drug-likeness (QED) is 0.394. The zero-order valence-electron chi connectivity index (χ0n) is 27.3. The number of ether oxygens (including phenoxy) is 1. The van der Waals surface area contributed by atoms with Gasteiger partial charge in [-0.25, -0.2) is 4.79 Å². The first kappa shape index (κ1) is 32.5. The molecule has 1 saturated carbocycles. The third-order valence-electron chi connectivity index (χ3n) is 8.62. The smallest absolute Gasteiger partial charge is 0.410 e. The minimum absolute atomic E-state index is 0.0572.